The molecule has 29 heavy (non-hydrogen) atoms. The van der Waals surface area contributed by atoms with Gasteiger partial charge in [-0.05, 0) is 31.9 Å². The van der Waals surface area contributed by atoms with Gasteiger partial charge in [0.1, 0.15) is 11.7 Å². The van der Waals surface area contributed by atoms with Crippen molar-refractivity contribution in [1.29, 1.82) is 5.26 Å². The van der Waals surface area contributed by atoms with Crippen LogP contribution in [0.15, 0.2) is 63.3 Å². The minimum Gasteiger partial charge on any atom is -0.469 e. The highest BCUT2D eigenvalue weighted by atomic mass is 32.2. The molecular formula is C23H20N2O3S. The third-order valence-corrected chi connectivity index (χ3v) is 6.35. The maximum atomic E-state index is 12.6. The van der Waals surface area contributed by atoms with Crippen LogP contribution in [-0.4, -0.2) is 22.4 Å². The minimum atomic E-state index is -0.641. The highest BCUT2D eigenvalue weighted by molar-refractivity contribution is 8.14. The highest BCUT2D eigenvalue weighted by Crippen LogP contribution is 2.44. The Kier molecular flexibility index (Phi) is 5.50. The Labute approximate surface area is 173 Å². The van der Waals surface area contributed by atoms with Crippen LogP contribution in [0.4, 0.5) is 0 Å². The van der Waals surface area contributed by atoms with Gasteiger partial charge in [-0.15, -0.1) is 11.8 Å². The van der Waals surface area contributed by atoms with Crippen LogP contribution in [0.1, 0.15) is 46.9 Å². The monoisotopic (exact) mass is 404 g/mol. The number of benzene rings is 1. The first-order valence-electron chi connectivity index (χ1n) is 9.59. The number of rotatable bonds is 4. The lowest BCUT2D eigenvalue weighted by Crippen LogP contribution is -2.30. The maximum Gasteiger partial charge on any atom is 0.173 e. The van der Waals surface area contributed by atoms with Gasteiger partial charge in [-0.1, -0.05) is 29.8 Å². The van der Waals surface area contributed by atoms with Crippen molar-refractivity contribution in [1.82, 2.24) is 0 Å². The number of allylic oxidation sites excluding steroid dienone is 2. The predicted molar refractivity (Wildman–Crippen MR) is 112 cm³/mol. The van der Waals surface area contributed by atoms with Gasteiger partial charge in [0.25, 0.3) is 0 Å². The molecule has 1 aliphatic carbocycles. The number of nitriles is 1. The number of Topliss-reactive ketones (excluding diaryl/α,β-unsaturated/α-hetero) is 2. The second-order valence-electron chi connectivity index (χ2n) is 7.26. The Morgan fingerprint density at radius 3 is 2.76 bits per heavy atom. The van der Waals surface area contributed by atoms with Gasteiger partial charge in [-0.25, -0.2) is 4.99 Å². The third kappa shape index (κ3) is 3.83. The Morgan fingerprint density at radius 2 is 2.07 bits per heavy atom. The molecular weight excluding hydrogens is 384 g/mol. The van der Waals surface area contributed by atoms with Crippen molar-refractivity contribution in [3.63, 3.8) is 0 Å². The highest BCUT2D eigenvalue weighted by Gasteiger charge is 2.42. The molecule has 2 aromatic rings. The van der Waals surface area contributed by atoms with E-state index in [4.69, 9.17) is 4.42 Å². The van der Waals surface area contributed by atoms with Crippen molar-refractivity contribution in [3.8, 4) is 6.07 Å². The molecule has 4 rings (SSSR count). The molecule has 0 fully saturated rings. The molecule has 1 aromatic carbocycles. The van der Waals surface area contributed by atoms with Crippen molar-refractivity contribution in [2.24, 2.45) is 10.9 Å². The number of thioether (sulfide) groups is 1. The molecule has 0 amide bonds. The molecule has 5 nitrogen and oxygen atoms in total. The van der Waals surface area contributed by atoms with E-state index >= 15 is 0 Å². The van der Waals surface area contributed by atoms with E-state index in [0.717, 1.165) is 17.7 Å². The summed E-state index contributed by atoms with van der Waals surface area (Å²) in [4.78, 5) is 29.9. The van der Waals surface area contributed by atoms with E-state index in [2.05, 4.69) is 11.1 Å². The molecule has 146 valence electrons. The van der Waals surface area contributed by atoms with Crippen molar-refractivity contribution in [3.05, 3.63) is 70.8 Å². The van der Waals surface area contributed by atoms with Gasteiger partial charge in [-0.2, -0.15) is 5.26 Å². The van der Waals surface area contributed by atoms with E-state index in [1.165, 1.54) is 11.8 Å². The summed E-state index contributed by atoms with van der Waals surface area (Å²) in [5.41, 5.74) is 3.08. The number of ketones is 2. The average Bonchev–Trinajstić information content (AvgIpc) is 3.26. The van der Waals surface area contributed by atoms with Gasteiger partial charge in [0.05, 0.1) is 29.0 Å². The van der Waals surface area contributed by atoms with Crippen LogP contribution >= 0.6 is 11.8 Å². The fraction of sp³-hybridized carbons (Fsp3) is 0.304. The number of carbonyl (C=O) groups excluding carboxylic acids is 2. The van der Waals surface area contributed by atoms with Gasteiger partial charge < -0.3 is 4.42 Å². The maximum absolute atomic E-state index is 12.6. The molecule has 0 saturated heterocycles. The van der Waals surface area contributed by atoms with Crippen molar-refractivity contribution >= 4 is 28.4 Å². The summed E-state index contributed by atoms with van der Waals surface area (Å²) in [6.07, 6.45) is 3.48. The van der Waals surface area contributed by atoms with Gasteiger partial charge >= 0.3 is 0 Å². The summed E-state index contributed by atoms with van der Waals surface area (Å²) in [5.74, 6) is -0.288. The van der Waals surface area contributed by atoms with Crippen LogP contribution in [0.5, 0.6) is 0 Å². The predicted octanol–water partition coefficient (Wildman–Crippen LogP) is 4.85. The summed E-state index contributed by atoms with van der Waals surface area (Å²) >= 11 is 1.29. The van der Waals surface area contributed by atoms with Crippen molar-refractivity contribution in [2.75, 3.05) is 5.75 Å². The van der Waals surface area contributed by atoms with Crippen LogP contribution in [0.2, 0.25) is 0 Å². The number of hydrogen-bond acceptors (Lipinski definition) is 6. The van der Waals surface area contributed by atoms with E-state index < -0.39 is 11.8 Å². The molecule has 1 unspecified atom stereocenters. The normalized spacial score (nSPS) is 21.4. The van der Waals surface area contributed by atoms with Crippen LogP contribution in [-0.2, 0) is 4.79 Å². The number of hydrogen-bond donors (Lipinski definition) is 0. The number of nitrogens with zero attached hydrogens (tertiary/aromatic N) is 2. The molecule has 1 aliphatic heterocycles. The van der Waals surface area contributed by atoms with Gasteiger partial charge in [0, 0.05) is 23.3 Å². The van der Waals surface area contributed by atoms with Gasteiger partial charge in [0.2, 0.25) is 0 Å². The molecule has 0 N–H and O–H groups in total. The molecule has 2 heterocycles. The molecule has 0 spiro atoms. The lowest BCUT2D eigenvalue weighted by molar-refractivity contribution is -0.116. The zero-order chi connectivity index (χ0) is 20.4. The van der Waals surface area contributed by atoms with Crippen LogP contribution in [0.25, 0.3) is 0 Å². The Bertz CT molecular complexity index is 1040. The number of aliphatic imine (C=N–C) groups is 1. The minimum absolute atomic E-state index is 0.0107. The van der Waals surface area contributed by atoms with Crippen LogP contribution < -0.4 is 0 Å². The SMILES string of the molecule is Cc1ccc(C(=O)CSC2=NC3=C(C(=O)CCC3)[C@H](c3ccco3)C2C#N)cc1. The average molecular weight is 404 g/mol. The Balaban J connectivity index is 1.63. The molecule has 2 aliphatic rings. The topological polar surface area (TPSA) is 83.4 Å². The van der Waals surface area contributed by atoms with Gasteiger partial charge in [-0.3, -0.25) is 9.59 Å². The lowest BCUT2D eigenvalue weighted by Gasteiger charge is -2.31. The second kappa shape index (κ2) is 8.22. The number of carbonyl (C=O) groups is 2. The van der Waals surface area contributed by atoms with Gasteiger partial charge in [0.15, 0.2) is 11.6 Å². The van der Waals surface area contributed by atoms with Crippen LogP contribution in [0, 0.1) is 24.2 Å². The Morgan fingerprint density at radius 1 is 1.28 bits per heavy atom. The molecule has 0 bridgehead atoms. The van der Waals surface area contributed by atoms with Crippen molar-refractivity contribution in [2.45, 2.75) is 32.1 Å². The first-order valence-corrected chi connectivity index (χ1v) is 10.6. The van der Waals surface area contributed by atoms with E-state index in [1.807, 2.05) is 31.2 Å². The smallest absolute Gasteiger partial charge is 0.173 e. The number of aryl methyl sites for hydroxylation is 1. The summed E-state index contributed by atoms with van der Waals surface area (Å²) in [6.45, 7) is 1.98. The van der Waals surface area contributed by atoms with E-state index in [-0.39, 0.29) is 17.3 Å². The molecule has 6 heteroatoms. The fourth-order valence-electron chi connectivity index (χ4n) is 3.82. The molecule has 2 atom stereocenters. The van der Waals surface area contributed by atoms with E-state index in [1.54, 1.807) is 18.4 Å². The summed E-state index contributed by atoms with van der Waals surface area (Å²) in [5, 5.41) is 10.5. The molecule has 0 radical (unpaired) electrons. The molecule has 0 saturated carbocycles. The van der Waals surface area contributed by atoms with E-state index in [0.29, 0.717) is 34.8 Å². The zero-order valence-corrected chi connectivity index (χ0v) is 16.9. The fourth-order valence-corrected chi connectivity index (χ4v) is 4.81. The third-order valence-electron chi connectivity index (χ3n) is 5.30. The van der Waals surface area contributed by atoms with Crippen molar-refractivity contribution < 1.29 is 14.0 Å². The van der Waals surface area contributed by atoms with Crippen LogP contribution in [0.3, 0.4) is 0 Å². The standard InChI is InChI=1S/C23H20N2O3S/c1-14-7-9-15(10-8-14)19(27)13-29-23-16(12-24)21(20-6-3-11-28-20)22-17(25-23)4-2-5-18(22)26/h3,6-11,16,21H,2,4-5,13H2,1H3/t16?,21-/m0/s1. The Hall–Kier alpha value is -2.91. The first-order chi connectivity index (χ1) is 14.1. The largest absolute Gasteiger partial charge is 0.469 e. The summed E-state index contributed by atoms with van der Waals surface area (Å²) in [7, 11) is 0. The quantitative estimate of drug-likeness (QED) is 0.681. The first kappa shape index (κ1) is 19.4. The lowest BCUT2D eigenvalue weighted by atomic mass is 9.76. The summed E-state index contributed by atoms with van der Waals surface area (Å²) < 4.78 is 5.59. The van der Waals surface area contributed by atoms with E-state index in [9.17, 15) is 14.9 Å². The summed E-state index contributed by atoms with van der Waals surface area (Å²) in [6, 6.07) is 13.3. The number of furan rings is 1. The zero-order valence-electron chi connectivity index (χ0n) is 16.1. The molecule has 1 aromatic heterocycles. The second-order valence-corrected chi connectivity index (χ2v) is 8.26.